The van der Waals surface area contributed by atoms with E-state index in [9.17, 15) is 14.4 Å². The predicted molar refractivity (Wildman–Crippen MR) is 107 cm³/mol. The van der Waals surface area contributed by atoms with Gasteiger partial charge in [0.2, 0.25) is 0 Å². The molecule has 0 aromatic carbocycles. The number of ketones is 1. The van der Waals surface area contributed by atoms with E-state index in [0.29, 0.717) is 30.8 Å². The normalized spacial score (nSPS) is 36.0. The molecule has 0 spiro atoms. The molecule has 0 N–H and O–H groups in total. The Kier molecular flexibility index (Phi) is 5.85. The van der Waals surface area contributed by atoms with Crippen molar-refractivity contribution >= 4 is 17.9 Å². The first-order valence-corrected chi connectivity index (χ1v) is 10.6. The van der Waals surface area contributed by atoms with Crippen LogP contribution < -0.4 is 0 Å². The van der Waals surface area contributed by atoms with Gasteiger partial charge in [-0.05, 0) is 67.3 Å². The summed E-state index contributed by atoms with van der Waals surface area (Å²) in [6.07, 6.45) is 6.81. The van der Waals surface area contributed by atoms with E-state index >= 15 is 0 Å². The molecule has 1 unspecified atom stereocenters. The topological polar surface area (TPSA) is 78.9 Å². The predicted octanol–water partition coefficient (Wildman–Crippen LogP) is 4.46. The van der Waals surface area contributed by atoms with Crippen molar-refractivity contribution in [3.63, 3.8) is 0 Å². The molecule has 2 fully saturated rings. The molecule has 0 aromatic rings. The SMILES string of the molecule is COC(=O)OC[C@@]12CCC3C(C)(C)CCC[C@]3(C)[C@H]1CCC(C(=O)OC)=CC2=O. The van der Waals surface area contributed by atoms with Crippen LogP contribution in [0.4, 0.5) is 4.79 Å². The fourth-order valence-electron chi connectivity index (χ4n) is 6.87. The summed E-state index contributed by atoms with van der Waals surface area (Å²) in [5, 5.41) is 0. The average Bonchev–Trinajstić information content (AvgIpc) is 2.82. The molecule has 3 aliphatic rings. The van der Waals surface area contributed by atoms with E-state index in [1.807, 2.05) is 0 Å². The largest absolute Gasteiger partial charge is 0.508 e. The molecule has 0 aromatic heterocycles. The lowest BCUT2D eigenvalue weighted by Gasteiger charge is -2.62. The van der Waals surface area contributed by atoms with E-state index in [4.69, 9.17) is 9.47 Å². The molecule has 0 radical (unpaired) electrons. The van der Waals surface area contributed by atoms with Crippen LogP contribution in [0.2, 0.25) is 0 Å². The Balaban J connectivity index is 2.05. The van der Waals surface area contributed by atoms with Gasteiger partial charge in [-0.2, -0.15) is 0 Å². The molecule has 2 saturated carbocycles. The standard InChI is InChI=1S/C23H34O6/c1-21(2)10-6-11-22(3)16(21)9-12-23(14-29-20(26)28-5)17(22)8-7-15(13-18(23)24)19(25)27-4/h13,16-17H,6-12,14H2,1-5H3/t16?,17-,22+,23+/m1/s1. The summed E-state index contributed by atoms with van der Waals surface area (Å²) >= 11 is 0. The molecule has 0 amide bonds. The minimum atomic E-state index is -0.817. The minimum absolute atomic E-state index is 0.00311. The van der Waals surface area contributed by atoms with Gasteiger partial charge in [-0.3, -0.25) is 4.79 Å². The first-order valence-electron chi connectivity index (χ1n) is 10.6. The number of hydrogen-bond donors (Lipinski definition) is 0. The number of allylic oxidation sites excluding steroid dienone is 1. The Morgan fingerprint density at radius 3 is 2.41 bits per heavy atom. The van der Waals surface area contributed by atoms with Crippen LogP contribution >= 0.6 is 0 Å². The second-order valence-electron chi connectivity index (χ2n) is 9.95. The number of ether oxygens (including phenoxy) is 3. The number of fused-ring (bicyclic) bond motifs is 3. The second-order valence-corrected chi connectivity index (χ2v) is 9.95. The molecule has 0 heterocycles. The summed E-state index contributed by atoms with van der Waals surface area (Å²) in [6.45, 7) is 6.98. The second kappa shape index (κ2) is 7.77. The summed E-state index contributed by atoms with van der Waals surface area (Å²) in [7, 11) is 2.60. The maximum absolute atomic E-state index is 13.6. The zero-order valence-corrected chi connectivity index (χ0v) is 18.3. The summed E-state index contributed by atoms with van der Waals surface area (Å²) < 4.78 is 14.9. The quantitative estimate of drug-likeness (QED) is 0.644. The Hall–Kier alpha value is -1.85. The van der Waals surface area contributed by atoms with Gasteiger partial charge in [0.1, 0.15) is 6.61 Å². The Labute approximate surface area is 173 Å². The summed E-state index contributed by atoms with van der Waals surface area (Å²) in [4.78, 5) is 37.5. The van der Waals surface area contributed by atoms with E-state index < -0.39 is 17.5 Å². The number of methoxy groups -OCH3 is 2. The molecule has 162 valence electrons. The molecule has 6 nitrogen and oxygen atoms in total. The van der Waals surface area contributed by atoms with Crippen LogP contribution in [0.15, 0.2) is 11.6 Å². The number of hydrogen-bond acceptors (Lipinski definition) is 6. The highest BCUT2D eigenvalue weighted by Crippen LogP contribution is 2.66. The monoisotopic (exact) mass is 406 g/mol. The maximum atomic E-state index is 13.6. The van der Waals surface area contributed by atoms with E-state index in [0.717, 1.165) is 19.3 Å². The molecule has 0 saturated heterocycles. The van der Waals surface area contributed by atoms with Crippen LogP contribution in [0.25, 0.3) is 0 Å². The van der Waals surface area contributed by atoms with Crippen LogP contribution in [0.3, 0.4) is 0 Å². The smallest absolute Gasteiger partial charge is 0.466 e. The Morgan fingerprint density at radius 2 is 1.76 bits per heavy atom. The third kappa shape index (κ3) is 3.59. The van der Waals surface area contributed by atoms with Gasteiger partial charge in [0.15, 0.2) is 5.78 Å². The molecular weight excluding hydrogens is 372 g/mol. The highest BCUT2D eigenvalue weighted by atomic mass is 16.7. The lowest BCUT2D eigenvalue weighted by molar-refractivity contribution is -0.166. The fourth-order valence-corrected chi connectivity index (χ4v) is 6.87. The van der Waals surface area contributed by atoms with Gasteiger partial charge >= 0.3 is 12.1 Å². The summed E-state index contributed by atoms with van der Waals surface area (Å²) in [6, 6.07) is 0. The molecule has 0 aliphatic heterocycles. The van der Waals surface area contributed by atoms with Gasteiger partial charge in [0.05, 0.1) is 19.6 Å². The highest BCUT2D eigenvalue weighted by Gasteiger charge is 2.62. The van der Waals surface area contributed by atoms with E-state index in [-0.39, 0.29) is 29.1 Å². The van der Waals surface area contributed by atoms with Crippen LogP contribution in [0, 0.1) is 28.1 Å². The van der Waals surface area contributed by atoms with Crippen molar-refractivity contribution in [2.75, 3.05) is 20.8 Å². The van der Waals surface area contributed by atoms with Gasteiger partial charge in [0.25, 0.3) is 0 Å². The molecule has 3 aliphatic carbocycles. The van der Waals surface area contributed by atoms with Gasteiger partial charge in [0, 0.05) is 5.57 Å². The van der Waals surface area contributed by atoms with Crippen LogP contribution in [-0.2, 0) is 23.8 Å². The number of rotatable bonds is 3. The van der Waals surface area contributed by atoms with Crippen molar-refractivity contribution in [2.24, 2.45) is 28.1 Å². The minimum Gasteiger partial charge on any atom is -0.466 e. The van der Waals surface area contributed by atoms with Gasteiger partial charge < -0.3 is 14.2 Å². The number of carbonyl (C=O) groups is 3. The lowest BCUT2D eigenvalue weighted by atomic mass is 9.42. The van der Waals surface area contributed by atoms with Crippen LogP contribution in [-0.4, -0.2) is 38.7 Å². The van der Waals surface area contributed by atoms with E-state index in [2.05, 4.69) is 25.5 Å². The van der Waals surface area contributed by atoms with Crippen molar-refractivity contribution in [3.8, 4) is 0 Å². The Bertz CT molecular complexity index is 723. The summed E-state index contributed by atoms with van der Waals surface area (Å²) in [5.41, 5.74) is -0.243. The van der Waals surface area contributed by atoms with Gasteiger partial charge in [-0.15, -0.1) is 0 Å². The number of esters is 1. The van der Waals surface area contributed by atoms with Crippen LogP contribution in [0.1, 0.15) is 65.7 Å². The van der Waals surface area contributed by atoms with Crippen molar-refractivity contribution in [3.05, 3.63) is 11.6 Å². The van der Waals surface area contributed by atoms with Crippen LogP contribution in [0.5, 0.6) is 0 Å². The molecule has 0 bridgehead atoms. The van der Waals surface area contributed by atoms with Crippen molar-refractivity contribution < 1.29 is 28.6 Å². The Morgan fingerprint density at radius 1 is 1.03 bits per heavy atom. The maximum Gasteiger partial charge on any atom is 0.508 e. The lowest BCUT2D eigenvalue weighted by Crippen LogP contribution is -2.59. The molecule has 29 heavy (non-hydrogen) atoms. The zero-order valence-electron chi connectivity index (χ0n) is 18.3. The van der Waals surface area contributed by atoms with E-state index in [1.165, 1.54) is 26.7 Å². The first-order chi connectivity index (χ1) is 13.6. The molecular formula is C23H34O6. The van der Waals surface area contributed by atoms with Gasteiger partial charge in [-0.1, -0.05) is 27.2 Å². The highest BCUT2D eigenvalue weighted by molar-refractivity contribution is 6.03. The molecule has 4 atom stereocenters. The zero-order chi connectivity index (χ0) is 21.4. The fraction of sp³-hybridized carbons (Fsp3) is 0.783. The third-order valence-corrected chi connectivity index (χ3v) is 8.18. The van der Waals surface area contributed by atoms with Crippen molar-refractivity contribution in [1.82, 2.24) is 0 Å². The molecule has 6 heteroatoms. The first kappa shape index (κ1) is 21.8. The van der Waals surface area contributed by atoms with E-state index in [1.54, 1.807) is 0 Å². The van der Waals surface area contributed by atoms with Crippen molar-refractivity contribution in [2.45, 2.75) is 65.7 Å². The third-order valence-electron chi connectivity index (χ3n) is 8.18. The van der Waals surface area contributed by atoms with Gasteiger partial charge in [-0.25, -0.2) is 9.59 Å². The number of carbonyl (C=O) groups excluding carboxylic acids is 3. The molecule has 3 rings (SSSR count). The summed E-state index contributed by atoms with van der Waals surface area (Å²) in [5.74, 6) is -0.0459. The average molecular weight is 407 g/mol. The van der Waals surface area contributed by atoms with Crippen molar-refractivity contribution in [1.29, 1.82) is 0 Å².